The number of hydrogen-bond donors (Lipinski definition) is 3. The van der Waals surface area contributed by atoms with E-state index in [1.165, 1.54) is 30.3 Å². The molecule has 0 aliphatic rings. The number of nitrogens with one attached hydrogen (secondary N) is 2. The van der Waals surface area contributed by atoms with E-state index in [0.29, 0.717) is 34.0 Å². The lowest BCUT2D eigenvalue weighted by Crippen LogP contribution is -2.21. The maximum absolute atomic E-state index is 13.2. The van der Waals surface area contributed by atoms with E-state index in [2.05, 4.69) is 10.0 Å². The number of rotatable bonds is 9. The molecule has 1 amide bonds. The molecule has 0 fully saturated rings. The number of anilines is 1. The van der Waals surface area contributed by atoms with Gasteiger partial charge in [0.15, 0.2) is 0 Å². The van der Waals surface area contributed by atoms with Crippen molar-refractivity contribution in [2.45, 2.75) is 11.3 Å². The summed E-state index contributed by atoms with van der Waals surface area (Å²) in [6.07, 6.45) is 0.623. The normalized spacial score (nSPS) is 11.6. The van der Waals surface area contributed by atoms with Crippen molar-refractivity contribution in [1.82, 2.24) is 4.72 Å². The molecule has 9 heteroatoms. The predicted molar refractivity (Wildman–Crippen MR) is 143 cm³/mol. The first-order valence-corrected chi connectivity index (χ1v) is 12.8. The average molecular weight is 537 g/mol. The standard InChI is InChI=1S/C28H22ClFN2O4S/c29-22-5-1-3-18(15-22)13-14-31-37(36)24-6-2-4-21(16-24)27(33)32-26-12-9-20(17-25(26)28(34)35)19-7-10-23(30)11-8-19/h1-12,15-17,31H,13-14H2,(H,32,33)(H,34,35). The number of carboxylic acids is 1. The molecule has 0 saturated heterocycles. The molecule has 0 aliphatic heterocycles. The molecule has 0 heterocycles. The molecule has 6 nitrogen and oxygen atoms in total. The van der Waals surface area contributed by atoms with Gasteiger partial charge in [0.1, 0.15) is 16.8 Å². The summed E-state index contributed by atoms with van der Waals surface area (Å²) in [5, 5.41) is 12.9. The Hall–Kier alpha value is -3.85. The van der Waals surface area contributed by atoms with E-state index in [4.69, 9.17) is 11.6 Å². The van der Waals surface area contributed by atoms with Gasteiger partial charge in [-0.3, -0.25) is 4.79 Å². The van der Waals surface area contributed by atoms with Crippen LogP contribution in [0, 0.1) is 5.82 Å². The van der Waals surface area contributed by atoms with Gasteiger partial charge >= 0.3 is 5.97 Å². The zero-order valence-electron chi connectivity index (χ0n) is 19.4. The van der Waals surface area contributed by atoms with Crippen molar-refractivity contribution in [3.8, 4) is 11.1 Å². The minimum Gasteiger partial charge on any atom is -0.478 e. The monoisotopic (exact) mass is 536 g/mol. The molecular weight excluding hydrogens is 515 g/mol. The summed E-state index contributed by atoms with van der Waals surface area (Å²) >= 11 is 5.99. The molecule has 0 aromatic heterocycles. The fourth-order valence-corrected chi connectivity index (χ4v) is 4.77. The summed E-state index contributed by atoms with van der Waals surface area (Å²) in [4.78, 5) is 25.2. The Morgan fingerprint density at radius 2 is 1.62 bits per heavy atom. The van der Waals surface area contributed by atoms with Crippen LogP contribution in [0.15, 0.2) is 95.9 Å². The maximum atomic E-state index is 13.2. The fraction of sp³-hybridized carbons (Fsp3) is 0.0714. The van der Waals surface area contributed by atoms with E-state index >= 15 is 0 Å². The number of halogens is 2. The van der Waals surface area contributed by atoms with Gasteiger partial charge in [-0.05, 0) is 77.7 Å². The third-order valence-electron chi connectivity index (χ3n) is 5.52. The molecule has 1 atom stereocenters. The number of carboxylic acid groups (broad SMARTS) is 1. The van der Waals surface area contributed by atoms with E-state index in [9.17, 15) is 23.3 Å². The third kappa shape index (κ3) is 6.89. The molecule has 3 N–H and O–H groups in total. The highest BCUT2D eigenvalue weighted by atomic mass is 35.5. The van der Waals surface area contributed by atoms with Crippen molar-refractivity contribution < 1.29 is 23.3 Å². The predicted octanol–water partition coefficient (Wildman–Crippen LogP) is 5.95. The molecule has 0 bridgehead atoms. The molecule has 4 aromatic carbocycles. The Labute approximate surface area is 220 Å². The highest BCUT2D eigenvalue weighted by Gasteiger charge is 2.16. The molecule has 4 aromatic rings. The van der Waals surface area contributed by atoms with Crippen LogP contribution >= 0.6 is 11.6 Å². The van der Waals surface area contributed by atoms with Crippen molar-refractivity contribution in [3.05, 3.63) is 119 Å². The van der Waals surface area contributed by atoms with E-state index in [0.717, 1.165) is 5.56 Å². The molecule has 1 unspecified atom stereocenters. The van der Waals surface area contributed by atoms with Gasteiger partial charge in [0.2, 0.25) is 0 Å². The Balaban J connectivity index is 1.45. The van der Waals surface area contributed by atoms with Gasteiger partial charge in [0.05, 0.1) is 16.1 Å². The number of amides is 1. The van der Waals surface area contributed by atoms with Crippen LogP contribution in [-0.4, -0.2) is 27.7 Å². The number of aromatic carboxylic acids is 1. The topological polar surface area (TPSA) is 95.5 Å². The SMILES string of the molecule is O=C(Nc1ccc(-c2ccc(F)cc2)cc1C(=O)O)c1cccc(S(=O)NCCc2cccc(Cl)c2)c1. The summed E-state index contributed by atoms with van der Waals surface area (Å²) < 4.78 is 28.9. The highest BCUT2D eigenvalue weighted by molar-refractivity contribution is 7.83. The average Bonchev–Trinajstić information content (AvgIpc) is 2.89. The Bertz CT molecular complexity index is 1480. The van der Waals surface area contributed by atoms with E-state index < -0.39 is 28.7 Å². The summed E-state index contributed by atoms with van der Waals surface area (Å²) in [5.74, 6) is -2.17. The van der Waals surface area contributed by atoms with Gasteiger partial charge < -0.3 is 10.4 Å². The number of carbonyl (C=O) groups is 2. The molecule has 37 heavy (non-hydrogen) atoms. The van der Waals surface area contributed by atoms with Crippen LogP contribution in [0.4, 0.5) is 10.1 Å². The second-order valence-corrected chi connectivity index (χ2v) is 9.83. The third-order valence-corrected chi connectivity index (χ3v) is 6.91. The minimum atomic E-state index is -1.56. The smallest absolute Gasteiger partial charge is 0.337 e. The summed E-state index contributed by atoms with van der Waals surface area (Å²) in [7, 11) is -1.56. The first-order chi connectivity index (χ1) is 17.8. The van der Waals surface area contributed by atoms with Gasteiger partial charge in [-0.25, -0.2) is 18.1 Å². The second-order valence-electron chi connectivity index (χ2n) is 8.10. The van der Waals surface area contributed by atoms with Gasteiger partial charge in [-0.2, -0.15) is 0 Å². The zero-order valence-corrected chi connectivity index (χ0v) is 21.0. The van der Waals surface area contributed by atoms with E-state index in [1.54, 1.807) is 42.5 Å². The maximum Gasteiger partial charge on any atom is 0.337 e. The van der Waals surface area contributed by atoms with Crippen molar-refractivity contribution in [1.29, 1.82) is 0 Å². The Morgan fingerprint density at radius 3 is 2.35 bits per heavy atom. The van der Waals surface area contributed by atoms with Crippen molar-refractivity contribution in [3.63, 3.8) is 0 Å². The summed E-state index contributed by atoms with van der Waals surface area (Å²) in [6.45, 7) is 0.436. The van der Waals surface area contributed by atoms with Gasteiger partial charge in [-0.1, -0.05) is 48.0 Å². The zero-order chi connectivity index (χ0) is 26.4. The van der Waals surface area contributed by atoms with Crippen molar-refractivity contribution in [2.24, 2.45) is 0 Å². The van der Waals surface area contributed by atoms with Crippen LogP contribution in [0.5, 0.6) is 0 Å². The van der Waals surface area contributed by atoms with Crippen LogP contribution in [-0.2, 0) is 17.4 Å². The molecular formula is C28H22ClFN2O4S. The van der Waals surface area contributed by atoms with Crippen LogP contribution in [0.3, 0.4) is 0 Å². The molecule has 0 radical (unpaired) electrons. The molecule has 0 aliphatic carbocycles. The number of hydrogen-bond acceptors (Lipinski definition) is 3. The highest BCUT2D eigenvalue weighted by Crippen LogP contribution is 2.26. The fourth-order valence-electron chi connectivity index (χ4n) is 3.66. The first-order valence-electron chi connectivity index (χ1n) is 11.2. The van der Waals surface area contributed by atoms with Gasteiger partial charge in [0.25, 0.3) is 5.91 Å². The Morgan fingerprint density at radius 1 is 0.892 bits per heavy atom. The molecule has 4 rings (SSSR count). The van der Waals surface area contributed by atoms with E-state index in [-0.39, 0.29) is 16.8 Å². The summed E-state index contributed by atoms with van der Waals surface area (Å²) in [6, 6.07) is 23.9. The Kier molecular flexibility index (Phi) is 8.45. The van der Waals surface area contributed by atoms with Crippen molar-refractivity contribution in [2.75, 3.05) is 11.9 Å². The van der Waals surface area contributed by atoms with E-state index in [1.807, 2.05) is 18.2 Å². The minimum absolute atomic E-state index is 0.106. The van der Waals surface area contributed by atoms with Crippen LogP contribution in [0.1, 0.15) is 26.3 Å². The molecule has 0 saturated carbocycles. The second kappa shape index (κ2) is 11.9. The number of carbonyl (C=O) groups excluding carboxylic acids is 1. The van der Waals surface area contributed by atoms with Gasteiger partial charge in [-0.15, -0.1) is 0 Å². The van der Waals surface area contributed by atoms with Crippen molar-refractivity contribution >= 4 is 40.2 Å². The quantitative estimate of drug-likeness (QED) is 0.246. The first kappa shape index (κ1) is 26.2. The lowest BCUT2D eigenvalue weighted by atomic mass is 10.0. The van der Waals surface area contributed by atoms with Gasteiger partial charge in [0, 0.05) is 17.1 Å². The lowest BCUT2D eigenvalue weighted by Gasteiger charge is -2.12. The largest absolute Gasteiger partial charge is 0.478 e. The lowest BCUT2D eigenvalue weighted by molar-refractivity contribution is 0.0698. The number of benzene rings is 4. The molecule has 188 valence electrons. The van der Waals surface area contributed by atoms with Crippen LogP contribution in [0.25, 0.3) is 11.1 Å². The molecule has 0 spiro atoms. The van der Waals surface area contributed by atoms with Crippen LogP contribution < -0.4 is 10.0 Å². The van der Waals surface area contributed by atoms with Crippen LogP contribution in [0.2, 0.25) is 5.02 Å². The summed E-state index contributed by atoms with van der Waals surface area (Å²) in [5.41, 5.74) is 2.43.